The zero-order valence-corrected chi connectivity index (χ0v) is 13.2. The number of methoxy groups -OCH3 is 2. The van der Waals surface area contributed by atoms with E-state index in [0.717, 1.165) is 52.2 Å². The van der Waals surface area contributed by atoms with Gasteiger partial charge in [0.1, 0.15) is 0 Å². The van der Waals surface area contributed by atoms with Gasteiger partial charge in [-0.1, -0.05) is 0 Å². The Kier molecular flexibility index (Phi) is 4.89. The Labute approximate surface area is 130 Å². The Hall–Kier alpha value is -1.67. The van der Waals surface area contributed by atoms with Crippen LogP contribution in [0.4, 0.5) is 5.95 Å². The van der Waals surface area contributed by atoms with Gasteiger partial charge >= 0.3 is 12.0 Å². The highest BCUT2D eigenvalue weighted by molar-refractivity contribution is 5.33. The van der Waals surface area contributed by atoms with Crippen LogP contribution in [0.2, 0.25) is 0 Å². The van der Waals surface area contributed by atoms with E-state index >= 15 is 0 Å². The highest BCUT2D eigenvalue weighted by Crippen LogP contribution is 2.20. The van der Waals surface area contributed by atoms with Crippen LogP contribution in [0, 0.1) is 0 Å². The molecule has 0 bridgehead atoms. The Morgan fingerprint density at radius 3 is 2.05 bits per heavy atom. The van der Waals surface area contributed by atoms with E-state index in [4.69, 9.17) is 14.2 Å². The molecule has 2 fully saturated rings. The molecule has 0 radical (unpaired) electrons. The fourth-order valence-electron chi connectivity index (χ4n) is 2.99. The molecule has 8 nitrogen and oxygen atoms in total. The van der Waals surface area contributed by atoms with Crippen LogP contribution >= 0.6 is 0 Å². The van der Waals surface area contributed by atoms with Crippen LogP contribution in [0.3, 0.4) is 0 Å². The molecule has 3 heterocycles. The lowest BCUT2D eigenvalue weighted by atomic mass is 10.1. The average Bonchev–Trinajstić information content (AvgIpc) is 2.62. The first-order valence-corrected chi connectivity index (χ1v) is 7.71. The zero-order chi connectivity index (χ0) is 15.4. The van der Waals surface area contributed by atoms with Crippen LogP contribution in [0.5, 0.6) is 12.0 Å². The minimum atomic E-state index is 0.286. The van der Waals surface area contributed by atoms with Crippen molar-refractivity contribution in [3.63, 3.8) is 0 Å². The van der Waals surface area contributed by atoms with Crippen molar-refractivity contribution < 1.29 is 14.2 Å². The molecule has 2 aliphatic rings. The van der Waals surface area contributed by atoms with Crippen molar-refractivity contribution in [3.05, 3.63) is 0 Å². The van der Waals surface area contributed by atoms with Crippen molar-refractivity contribution in [2.45, 2.75) is 18.9 Å². The number of anilines is 1. The number of piperazine rings is 1. The first kappa shape index (κ1) is 15.2. The largest absolute Gasteiger partial charge is 0.467 e. The molecule has 0 saturated carbocycles. The number of hydrogen-bond acceptors (Lipinski definition) is 8. The molecule has 3 rings (SSSR count). The summed E-state index contributed by atoms with van der Waals surface area (Å²) < 4.78 is 15.7. The maximum absolute atomic E-state index is 5.44. The smallest absolute Gasteiger partial charge is 0.324 e. The van der Waals surface area contributed by atoms with E-state index in [0.29, 0.717) is 12.0 Å². The summed E-state index contributed by atoms with van der Waals surface area (Å²) in [4.78, 5) is 17.4. The Morgan fingerprint density at radius 2 is 1.50 bits per heavy atom. The quantitative estimate of drug-likeness (QED) is 0.780. The second-order valence-corrected chi connectivity index (χ2v) is 5.48. The molecule has 22 heavy (non-hydrogen) atoms. The summed E-state index contributed by atoms with van der Waals surface area (Å²) in [5.74, 6) is 0.621. The second-order valence-electron chi connectivity index (χ2n) is 5.48. The Balaban J connectivity index is 1.63. The van der Waals surface area contributed by atoms with E-state index in [1.807, 2.05) is 0 Å². The molecule has 0 unspecified atom stereocenters. The molecule has 0 amide bonds. The predicted octanol–water partition coefficient (Wildman–Crippen LogP) is 0.190. The van der Waals surface area contributed by atoms with Crippen molar-refractivity contribution in [1.29, 1.82) is 0 Å². The van der Waals surface area contributed by atoms with Crippen molar-refractivity contribution >= 4 is 5.95 Å². The van der Waals surface area contributed by atoms with E-state index in [1.165, 1.54) is 0 Å². The lowest BCUT2D eigenvalue weighted by Gasteiger charge is -2.40. The summed E-state index contributed by atoms with van der Waals surface area (Å²) in [5.41, 5.74) is 0. The molecule has 0 aromatic carbocycles. The van der Waals surface area contributed by atoms with Gasteiger partial charge in [0.15, 0.2) is 0 Å². The van der Waals surface area contributed by atoms with Crippen LogP contribution in [0.25, 0.3) is 0 Å². The van der Waals surface area contributed by atoms with E-state index in [2.05, 4.69) is 24.8 Å². The lowest BCUT2D eigenvalue weighted by Crippen LogP contribution is -2.52. The van der Waals surface area contributed by atoms with E-state index in [1.54, 1.807) is 14.2 Å². The van der Waals surface area contributed by atoms with Gasteiger partial charge in [0.25, 0.3) is 0 Å². The van der Waals surface area contributed by atoms with E-state index in [-0.39, 0.29) is 12.0 Å². The molecule has 8 heteroatoms. The van der Waals surface area contributed by atoms with Crippen LogP contribution in [0.15, 0.2) is 0 Å². The third kappa shape index (κ3) is 3.38. The minimum Gasteiger partial charge on any atom is -0.467 e. The first-order valence-electron chi connectivity index (χ1n) is 7.71. The van der Waals surface area contributed by atoms with Gasteiger partial charge in [-0.3, -0.25) is 4.90 Å². The third-order valence-corrected chi connectivity index (χ3v) is 4.25. The van der Waals surface area contributed by atoms with Crippen LogP contribution < -0.4 is 14.4 Å². The molecule has 2 aliphatic heterocycles. The second kappa shape index (κ2) is 7.06. The normalized spacial score (nSPS) is 20.9. The zero-order valence-electron chi connectivity index (χ0n) is 13.2. The molecule has 0 aliphatic carbocycles. The van der Waals surface area contributed by atoms with Gasteiger partial charge in [-0.05, 0) is 12.8 Å². The van der Waals surface area contributed by atoms with Gasteiger partial charge in [0.2, 0.25) is 5.95 Å². The number of ether oxygens (including phenoxy) is 3. The van der Waals surface area contributed by atoms with Gasteiger partial charge < -0.3 is 19.1 Å². The van der Waals surface area contributed by atoms with Gasteiger partial charge in [-0.2, -0.15) is 9.97 Å². The van der Waals surface area contributed by atoms with Gasteiger partial charge in [-0.15, -0.1) is 4.98 Å². The van der Waals surface area contributed by atoms with E-state index < -0.39 is 0 Å². The summed E-state index contributed by atoms with van der Waals surface area (Å²) in [7, 11) is 3.09. The third-order valence-electron chi connectivity index (χ3n) is 4.25. The highest BCUT2D eigenvalue weighted by Gasteiger charge is 2.26. The summed E-state index contributed by atoms with van der Waals surface area (Å²) in [6.07, 6.45) is 2.26. The molecule has 1 aromatic rings. The summed E-state index contributed by atoms with van der Waals surface area (Å²) in [6.45, 7) is 5.59. The topological polar surface area (TPSA) is 72.8 Å². The Bertz CT molecular complexity index is 465. The van der Waals surface area contributed by atoms with Gasteiger partial charge in [-0.25, -0.2) is 0 Å². The molecule has 0 atom stereocenters. The van der Waals surface area contributed by atoms with Crippen molar-refractivity contribution in [2.75, 3.05) is 58.5 Å². The molecule has 2 saturated heterocycles. The van der Waals surface area contributed by atoms with Crippen LogP contribution in [-0.4, -0.2) is 79.5 Å². The number of nitrogens with zero attached hydrogens (tertiary/aromatic N) is 5. The Morgan fingerprint density at radius 1 is 0.909 bits per heavy atom. The van der Waals surface area contributed by atoms with Crippen molar-refractivity contribution in [3.8, 4) is 12.0 Å². The highest BCUT2D eigenvalue weighted by atomic mass is 16.5. The molecule has 0 spiro atoms. The van der Waals surface area contributed by atoms with Crippen molar-refractivity contribution in [2.24, 2.45) is 0 Å². The summed E-state index contributed by atoms with van der Waals surface area (Å²) in [5, 5.41) is 0. The number of rotatable bonds is 4. The monoisotopic (exact) mass is 309 g/mol. The fourth-order valence-corrected chi connectivity index (χ4v) is 2.99. The van der Waals surface area contributed by atoms with Crippen molar-refractivity contribution in [1.82, 2.24) is 19.9 Å². The molecular weight excluding hydrogens is 286 g/mol. The average molecular weight is 309 g/mol. The fraction of sp³-hybridized carbons (Fsp3) is 0.786. The van der Waals surface area contributed by atoms with Crippen LogP contribution in [-0.2, 0) is 4.74 Å². The lowest BCUT2D eigenvalue weighted by molar-refractivity contribution is 0.0320. The number of hydrogen-bond donors (Lipinski definition) is 0. The SMILES string of the molecule is COc1nc(OC)nc(N2CCN(C3CCOCC3)CC2)n1. The molecule has 1 aromatic heterocycles. The van der Waals surface area contributed by atoms with Gasteiger partial charge in [0, 0.05) is 45.4 Å². The van der Waals surface area contributed by atoms with Crippen LogP contribution in [0.1, 0.15) is 12.8 Å². The molecule has 122 valence electrons. The number of aromatic nitrogens is 3. The standard InChI is InChI=1S/C14H23N5O3/c1-20-13-15-12(16-14(17-13)21-2)19-7-5-18(6-8-19)11-3-9-22-10-4-11/h11H,3-10H2,1-2H3. The van der Waals surface area contributed by atoms with Gasteiger partial charge in [0.05, 0.1) is 14.2 Å². The molecular formula is C14H23N5O3. The maximum atomic E-state index is 5.44. The summed E-state index contributed by atoms with van der Waals surface area (Å²) in [6, 6.07) is 1.22. The van der Waals surface area contributed by atoms with E-state index in [9.17, 15) is 0 Å². The maximum Gasteiger partial charge on any atom is 0.324 e. The summed E-state index contributed by atoms with van der Waals surface area (Å²) >= 11 is 0. The molecule has 0 N–H and O–H groups in total. The predicted molar refractivity (Wildman–Crippen MR) is 80.6 cm³/mol. The first-order chi connectivity index (χ1) is 10.8. The minimum absolute atomic E-state index is 0.286.